The molecule has 3 aromatic carbocycles. The van der Waals surface area contributed by atoms with E-state index in [2.05, 4.69) is 109 Å². The van der Waals surface area contributed by atoms with Crippen LogP contribution in [0.4, 0.5) is 0 Å². The molecule has 0 saturated heterocycles. The Morgan fingerprint density at radius 1 is 0.848 bits per heavy atom. The van der Waals surface area contributed by atoms with Gasteiger partial charge in [0.2, 0.25) is 0 Å². The number of fused-ring (bicyclic) bond motifs is 4. The van der Waals surface area contributed by atoms with Crippen LogP contribution in [0, 0.1) is 12.3 Å². The first-order valence-electron chi connectivity index (χ1n) is 11.7. The van der Waals surface area contributed by atoms with Crippen LogP contribution in [0.3, 0.4) is 0 Å². The van der Waals surface area contributed by atoms with Crippen molar-refractivity contribution in [3.63, 3.8) is 0 Å². The molecule has 5 aromatic rings. The van der Waals surface area contributed by atoms with E-state index in [0.29, 0.717) is 0 Å². The fraction of sp³-hybridized carbons (Fsp3) is 0.300. The molecule has 2 aromatic heterocycles. The van der Waals surface area contributed by atoms with E-state index < -0.39 is 21.8 Å². The molecule has 0 unspecified atom stereocenters. The molecule has 0 atom stereocenters. The summed E-state index contributed by atoms with van der Waals surface area (Å²) in [6, 6.07) is 20.8. The molecular formula is C30H33BiNS+. The molecule has 0 aliphatic rings. The average molecular weight is 649 g/mol. The maximum atomic E-state index is 2.55. The molecule has 0 N–H and O–H groups in total. The van der Waals surface area contributed by atoms with Gasteiger partial charge in [-0.2, -0.15) is 0 Å². The number of rotatable bonds is 3. The first-order chi connectivity index (χ1) is 15.7. The topological polar surface area (TPSA) is 3.88 Å². The van der Waals surface area contributed by atoms with Gasteiger partial charge in [0.25, 0.3) is 0 Å². The van der Waals surface area contributed by atoms with Crippen molar-refractivity contribution >= 4 is 67.3 Å². The van der Waals surface area contributed by atoms with Crippen LogP contribution >= 0.6 is 11.3 Å². The van der Waals surface area contributed by atoms with Crippen molar-refractivity contribution in [2.75, 3.05) is 0 Å². The SMILES string of the molecule is Cc1c(-c2c3sc4c(CC(C)(C)C)cccc4c3cc[n+]2C)c[c]([Bi]([CH3])[CH3])c2ccccc12. The number of benzene rings is 3. The van der Waals surface area contributed by atoms with Crippen LogP contribution in [-0.2, 0) is 13.5 Å². The standard InChI is InChI=1S/C28H27NS.2CH3.Bi/c1-18-21-11-7-6-9-19(21)13-14-22(18)25-27-24(15-16-29(25)5)23-12-8-10-20(26(23)30-27)17-28(2,3)4;;;/h6-12,14-16H,17H2,1-5H3;2*1H3;/q+1;;;. The molecular weight excluding hydrogens is 615 g/mol. The Balaban J connectivity index is 1.87. The fourth-order valence-corrected chi connectivity index (χ4v) is 10.6. The molecule has 0 fully saturated rings. The molecule has 168 valence electrons. The van der Waals surface area contributed by atoms with Crippen molar-refractivity contribution in [3.05, 3.63) is 71.9 Å². The summed E-state index contributed by atoms with van der Waals surface area (Å²) in [4.78, 5) is 0. The van der Waals surface area contributed by atoms with Gasteiger partial charge in [-0.25, -0.2) is 0 Å². The Kier molecular flexibility index (Phi) is 5.86. The summed E-state index contributed by atoms with van der Waals surface area (Å²) in [5.74, 6) is 0. The van der Waals surface area contributed by atoms with E-state index in [4.69, 9.17) is 0 Å². The summed E-state index contributed by atoms with van der Waals surface area (Å²) in [5, 5.41) is 5.68. The van der Waals surface area contributed by atoms with E-state index in [-0.39, 0.29) is 5.41 Å². The van der Waals surface area contributed by atoms with Gasteiger partial charge < -0.3 is 0 Å². The van der Waals surface area contributed by atoms with E-state index in [0.717, 1.165) is 6.42 Å². The Labute approximate surface area is 209 Å². The number of hydrogen-bond acceptors (Lipinski definition) is 1. The fourth-order valence-electron chi connectivity index (χ4n) is 5.10. The summed E-state index contributed by atoms with van der Waals surface area (Å²) in [6.07, 6.45) is 3.35. The van der Waals surface area contributed by atoms with Crippen LogP contribution in [0.25, 0.3) is 42.2 Å². The number of aryl methyl sites for hydroxylation is 2. The van der Waals surface area contributed by atoms with Gasteiger partial charge in [0.1, 0.15) is 0 Å². The zero-order chi connectivity index (χ0) is 23.5. The average Bonchev–Trinajstić information content (AvgIpc) is 3.13. The van der Waals surface area contributed by atoms with Gasteiger partial charge in [0.05, 0.1) is 0 Å². The molecule has 0 aliphatic heterocycles. The molecule has 0 spiro atoms. The van der Waals surface area contributed by atoms with Crippen LogP contribution in [0.5, 0.6) is 0 Å². The first-order valence-corrected chi connectivity index (χ1v) is 21.2. The molecule has 0 bridgehead atoms. The second kappa shape index (κ2) is 8.44. The van der Waals surface area contributed by atoms with Crippen LogP contribution in [0.15, 0.2) is 60.8 Å². The van der Waals surface area contributed by atoms with Crippen molar-refractivity contribution in [2.45, 2.75) is 43.4 Å². The minimum absolute atomic E-state index is 0.270. The van der Waals surface area contributed by atoms with E-state index in [1.165, 1.54) is 53.3 Å². The Morgan fingerprint density at radius 2 is 1.52 bits per heavy atom. The van der Waals surface area contributed by atoms with Crippen LogP contribution in [0.1, 0.15) is 31.9 Å². The third-order valence-corrected chi connectivity index (χ3v) is 13.1. The maximum absolute atomic E-state index is 2.55. The number of aromatic nitrogens is 1. The molecule has 0 saturated carbocycles. The van der Waals surface area contributed by atoms with Crippen molar-refractivity contribution < 1.29 is 4.57 Å². The van der Waals surface area contributed by atoms with Gasteiger partial charge in [-0.1, -0.05) is 0 Å². The van der Waals surface area contributed by atoms with Gasteiger partial charge in [-0.05, 0) is 0 Å². The Morgan fingerprint density at radius 3 is 2.21 bits per heavy atom. The number of nitrogens with zero attached hydrogens (tertiary/aromatic N) is 1. The Bertz CT molecular complexity index is 1520. The second-order valence-corrected chi connectivity index (χ2v) is 20.5. The Hall–Kier alpha value is -1.83. The van der Waals surface area contributed by atoms with E-state index in [1.54, 1.807) is 3.27 Å². The molecule has 0 radical (unpaired) electrons. The monoisotopic (exact) mass is 648 g/mol. The number of pyridine rings is 1. The zero-order valence-corrected chi connectivity index (χ0v) is 25.1. The molecule has 0 aliphatic carbocycles. The molecule has 2 heterocycles. The third-order valence-electron chi connectivity index (χ3n) is 6.62. The quantitative estimate of drug-likeness (QED) is 0.141. The molecule has 5 rings (SSSR count). The van der Waals surface area contributed by atoms with Crippen LogP contribution in [0.2, 0.25) is 9.26 Å². The van der Waals surface area contributed by atoms with Crippen molar-refractivity contribution in [3.8, 4) is 11.3 Å². The second-order valence-electron chi connectivity index (χ2n) is 10.7. The van der Waals surface area contributed by atoms with Crippen molar-refractivity contribution in [1.82, 2.24) is 0 Å². The number of hydrogen-bond donors (Lipinski definition) is 0. The van der Waals surface area contributed by atoms with Gasteiger partial charge in [0.15, 0.2) is 0 Å². The molecule has 3 heteroatoms. The summed E-state index contributed by atoms with van der Waals surface area (Å²) >= 11 is 0.307. The summed E-state index contributed by atoms with van der Waals surface area (Å²) in [7, 11) is 2.21. The van der Waals surface area contributed by atoms with E-state index >= 15 is 0 Å². The minimum atomic E-state index is -1.68. The van der Waals surface area contributed by atoms with Gasteiger partial charge in [-0.3, -0.25) is 0 Å². The molecule has 1 nitrogen and oxygen atoms in total. The summed E-state index contributed by atoms with van der Waals surface area (Å²) in [5.41, 5.74) is 5.92. The van der Waals surface area contributed by atoms with E-state index in [1.807, 2.05) is 11.3 Å². The van der Waals surface area contributed by atoms with E-state index in [9.17, 15) is 0 Å². The predicted molar refractivity (Wildman–Crippen MR) is 148 cm³/mol. The first kappa shape index (κ1) is 22.9. The van der Waals surface area contributed by atoms with Crippen molar-refractivity contribution in [1.29, 1.82) is 0 Å². The van der Waals surface area contributed by atoms with Gasteiger partial charge in [-0.15, -0.1) is 0 Å². The van der Waals surface area contributed by atoms with Crippen molar-refractivity contribution in [2.24, 2.45) is 12.5 Å². The molecule has 0 amide bonds. The summed E-state index contributed by atoms with van der Waals surface area (Å²) < 4.78 is 11.9. The normalized spacial score (nSPS) is 12.5. The predicted octanol–water partition coefficient (Wildman–Crippen LogP) is 7.56. The van der Waals surface area contributed by atoms with Crippen LogP contribution in [-0.4, -0.2) is 21.8 Å². The number of thiophene rings is 1. The van der Waals surface area contributed by atoms with Gasteiger partial charge >= 0.3 is 211 Å². The third kappa shape index (κ3) is 4.02. The van der Waals surface area contributed by atoms with Crippen LogP contribution < -0.4 is 7.84 Å². The zero-order valence-electron chi connectivity index (χ0n) is 20.8. The summed E-state index contributed by atoms with van der Waals surface area (Å²) in [6.45, 7) is 9.32. The van der Waals surface area contributed by atoms with Gasteiger partial charge in [0, 0.05) is 0 Å². The molecule has 33 heavy (non-hydrogen) atoms.